The van der Waals surface area contributed by atoms with E-state index < -0.39 is 17.3 Å². The van der Waals surface area contributed by atoms with Crippen LogP contribution >= 0.6 is 11.3 Å². The maximum Gasteiger partial charge on any atom is 0.443 e. The molecule has 2 unspecified atom stereocenters. The van der Waals surface area contributed by atoms with Crippen molar-refractivity contribution in [3.05, 3.63) is 57.6 Å². The van der Waals surface area contributed by atoms with E-state index in [1.807, 2.05) is 31.2 Å². The Bertz CT molecular complexity index is 925. The predicted octanol–water partition coefficient (Wildman–Crippen LogP) is 4.92. The van der Waals surface area contributed by atoms with Crippen LogP contribution in [-0.4, -0.2) is 49.2 Å². The third kappa shape index (κ3) is 6.15. The lowest BCUT2D eigenvalue weighted by atomic mass is 9.97. The van der Waals surface area contributed by atoms with Crippen molar-refractivity contribution in [2.45, 2.75) is 32.0 Å². The molecule has 0 bridgehead atoms. The number of allylic oxidation sites excluding steroid dienone is 1. The highest BCUT2D eigenvalue weighted by Gasteiger charge is 2.36. The minimum Gasteiger partial charge on any atom is -0.466 e. The fourth-order valence-corrected chi connectivity index (χ4v) is 4.23. The largest absolute Gasteiger partial charge is 0.466 e. The lowest BCUT2D eigenvalue weighted by Crippen LogP contribution is -2.40. The second-order valence-corrected chi connectivity index (χ2v) is 8.43. The zero-order valence-electron chi connectivity index (χ0n) is 17.6. The van der Waals surface area contributed by atoms with E-state index in [2.05, 4.69) is 21.5 Å². The molecular formula is C22H25F3N2O3S. The number of methoxy groups -OCH3 is 1. The molecule has 2 aromatic rings. The molecule has 0 amide bonds. The van der Waals surface area contributed by atoms with Gasteiger partial charge in [-0.2, -0.15) is 13.2 Å². The molecule has 3 rings (SSSR count). The first kappa shape index (κ1) is 23.4. The van der Waals surface area contributed by atoms with Crippen LogP contribution in [0.25, 0.3) is 5.57 Å². The third-order valence-corrected chi connectivity index (χ3v) is 6.15. The number of alkyl halides is 3. The molecule has 0 spiro atoms. The lowest BCUT2D eigenvalue weighted by Gasteiger charge is -2.34. The smallest absolute Gasteiger partial charge is 0.443 e. The molecule has 1 aliphatic rings. The van der Waals surface area contributed by atoms with Crippen molar-refractivity contribution >= 4 is 22.9 Å². The molecule has 0 N–H and O–H groups in total. The first-order valence-electron chi connectivity index (χ1n) is 9.90. The summed E-state index contributed by atoms with van der Waals surface area (Å²) in [5, 5.41) is 0.594. The van der Waals surface area contributed by atoms with Gasteiger partial charge in [-0.3, -0.25) is 4.90 Å². The number of rotatable bonds is 6. The van der Waals surface area contributed by atoms with Crippen molar-refractivity contribution in [1.82, 2.24) is 9.88 Å². The fourth-order valence-electron chi connectivity index (χ4n) is 3.50. The summed E-state index contributed by atoms with van der Waals surface area (Å²) in [6.07, 6.45) is -3.43. The molecule has 5 nitrogen and oxygen atoms in total. The van der Waals surface area contributed by atoms with Crippen LogP contribution in [0.5, 0.6) is 0 Å². The van der Waals surface area contributed by atoms with Gasteiger partial charge in [0.1, 0.15) is 6.10 Å². The van der Waals surface area contributed by atoms with Gasteiger partial charge in [-0.25, -0.2) is 9.78 Å². The van der Waals surface area contributed by atoms with Crippen LogP contribution in [0.4, 0.5) is 13.2 Å². The first-order valence-corrected chi connectivity index (χ1v) is 10.8. The zero-order chi connectivity index (χ0) is 22.6. The van der Waals surface area contributed by atoms with Crippen LogP contribution in [0, 0.1) is 0 Å². The SMILES string of the molecule is COC(=O)C=C(C)c1ccc(C(C)CN2CCOC(c3csc(C(F)(F)F)n3)C2)cc1. The minimum absolute atomic E-state index is 0.221. The van der Waals surface area contributed by atoms with Gasteiger partial charge < -0.3 is 9.47 Å². The van der Waals surface area contributed by atoms with Crippen molar-refractivity contribution in [1.29, 1.82) is 0 Å². The third-order valence-electron chi connectivity index (χ3n) is 5.25. The molecule has 168 valence electrons. The van der Waals surface area contributed by atoms with Crippen LogP contribution in [-0.2, 0) is 20.4 Å². The Hall–Kier alpha value is -2.23. The highest BCUT2D eigenvalue weighted by atomic mass is 32.1. The Labute approximate surface area is 183 Å². The second kappa shape index (κ2) is 9.93. The Balaban J connectivity index is 1.61. The molecule has 1 aliphatic heterocycles. The quantitative estimate of drug-likeness (QED) is 0.458. The number of hydrogen-bond donors (Lipinski definition) is 0. The molecule has 1 saturated heterocycles. The average molecular weight is 455 g/mol. The van der Waals surface area contributed by atoms with E-state index in [1.54, 1.807) is 0 Å². The van der Waals surface area contributed by atoms with Crippen molar-refractivity contribution < 1.29 is 27.4 Å². The lowest BCUT2D eigenvalue weighted by molar-refractivity contribution is -0.138. The summed E-state index contributed by atoms with van der Waals surface area (Å²) in [5.74, 6) is -0.168. The van der Waals surface area contributed by atoms with E-state index in [0.717, 1.165) is 29.8 Å². The first-order chi connectivity index (χ1) is 14.7. The van der Waals surface area contributed by atoms with Crippen LogP contribution < -0.4 is 0 Å². The van der Waals surface area contributed by atoms with E-state index in [0.29, 0.717) is 30.2 Å². The van der Waals surface area contributed by atoms with Crippen LogP contribution in [0.2, 0.25) is 0 Å². The van der Waals surface area contributed by atoms with Gasteiger partial charge in [0.25, 0.3) is 0 Å². The summed E-state index contributed by atoms with van der Waals surface area (Å²) in [7, 11) is 1.34. The highest BCUT2D eigenvalue weighted by molar-refractivity contribution is 7.09. The van der Waals surface area contributed by atoms with E-state index in [4.69, 9.17) is 4.74 Å². The Kier molecular flexibility index (Phi) is 7.51. The fraction of sp³-hybridized carbons (Fsp3) is 0.455. The summed E-state index contributed by atoms with van der Waals surface area (Å²) in [6.45, 7) is 6.40. The van der Waals surface area contributed by atoms with Gasteiger partial charge in [0.15, 0.2) is 5.01 Å². The molecule has 9 heteroatoms. The molecule has 0 radical (unpaired) electrons. The summed E-state index contributed by atoms with van der Waals surface area (Å²) >= 11 is 0.603. The van der Waals surface area contributed by atoms with Gasteiger partial charge in [-0.05, 0) is 29.5 Å². The number of halogens is 3. The van der Waals surface area contributed by atoms with Crippen molar-refractivity contribution in [3.8, 4) is 0 Å². The van der Waals surface area contributed by atoms with Gasteiger partial charge in [0.05, 0.1) is 19.4 Å². The van der Waals surface area contributed by atoms with Gasteiger partial charge >= 0.3 is 12.1 Å². The summed E-state index contributed by atoms with van der Waals surface area (Å²) in [4.78, 5) is 17.3. The number of ether oxygens (including phenoxy) is 2. The number of aromatic nitrogens is 1. The van der Waals surface area contributed by atoms with E-state index >= 15 is 0 Å². The van der Waals surface area contributed by atoms with Gasteiger partial charge in [0.2, 0.25) is 0 Å². The van der Waals surface area contributed by atoms with Crippen molar-refractivity contribution in [2.75, 3.05) is 33.4 Å². The zero-order valence-corrected chi connectivity index (χ0v) is 18.4. The predicted molar refractivity (Wildman–Crippen MR) is 113 cm³/mol. The van der Waals surface area contributed by atoms with Crippen molar-refractivity contribution in [3.63, 3.8) is 0 Å². The highest BCUT2D eigenvalue weighted by Crippen LogP contribution is 2.34. The Morgan fingerprint density at radius 1 is 1.39 bits per heavy atom. The second-order valence-electron chi connectivity index (χ2n) is 7.57. The molecule has 0 saturated carbocycles. The molecule has 31 heavy (non-hydrogen) atoms. The summed E-state index contributed by atoms with van der Waals surface area (Å²) in [5.41, 5.74) is 3.25. The molecule has 1 aromatic carbocycles. The molecule has 2 heterocycles. The number of esters is 1. The van der Waals surface area contributed by atoms with Crippen molar-refractivity contribution in [2.24, 2.45) is 0 Å². The summed E-state index contributed by atoms with van der Waals surface area (Å²) in [6, 6.07) is 8.00. The standard InChI is InChI=1S/C22H25F3N2O3S/c1-14(10-20(28)29-3)16-4-6-17(7-5-16)15(2)11-27-8-9-30-19(12-27)18-13-31-21(26-18)22(23,24)25/h4-7,10,13,15,19H,8-9,11-12H2,1-3H3. The number of carbonyl (C=O) groups excluding carboxylic acids is 1. The molecular weight excluding hydrogens is 429 g/mol. The maximum absolute atomic E-state index is 12.8. The van der Waals surface area contributed by atoms with E-state index in [9.17, 15) is 18.0 Å². The van der Waals surface area contributed by atoms with E-state index in [1.165, 1.54) is 18.6 Å². The maximum atomic E-state index is 12.8. The van der Waals surface area contributed by atoms with Crippen LogP contribution in [0.1, 0.15) is 47.7 Å². The number of benzene rings is 1. The molecule has 1 fully saturated rings. The number of hydrogen-bond acceptors (Lipinski definition) is 6. The number of carbonyl (C=O) groups is 1. The monoisotopic (exact) mass is 454 g/mol. The number of nitrogens with zero attached hydrogens (tertiary/aromatic N) is 2. The Morgan fingerprint density at radius 3 is 2.71 bits per heavy atom. The molecule has 0 aliphatic carbocycles. The van der Waals surface area contributed by atoms with Crippen LogP contribution in [0.15, 0.2) is 35.7 Å². The normalized spacial score (nSPS) is 19.3. The Morgan fingerprint density at radius 2 is 2.10 bits per heavy atom. The minimum atomic E-state index is -4.43. The molecule has 2 atom stereocenters. The number of thiazole rings is 1. The summed E-state index contributed by atoms with van der Waals surface area (Å²) < 4.78 is 48.8. The van der Waals surface area contributed by atoms with Gasteiger partial charge in [-0.1, -0.05) is 31.2 Å². The average Bonchev–Trinajstić information content (AvgIpc) is 3.25. The van der Waals surface area contributed by atoms with Gasteiger partial charge in [0, 0.05) is 31.1 Å². The van der Waals surface area contributed by atoms with Crippen LogP contribution in [0.3, 0.4) is 0 Å². The topological polar surface area (TPSA) is 51.7 Å². The number of morpholine rings is 1. The van der Waals surface area contributed by atoms with E-state index in [-0.39, 0.29) is 11.9 Å². The molecule has 1 aromatic heterocycles. The van der Waals surface area contributed by atoms with Gasteiger partial charge in [-0.15, -0.1) is 11.3 Å².